The Morgan fingerprint density at radius 1 is 1.29 bits per heavy atom. The van der Waals surface area contributed by atoms with Crippen LogP contribution in [0.2, 0.25) is 0 Å². The Morgan fingerprint density at radius 2 is 2.00 bits per heavy atom. The van der Waals surface area contributed by atoms with Gasteiger partial charge in [-0.15, -0.1) is 0 Å². The number of nitrogens with two attached hydrogens (primary N) is 1. The summed E-state index contributed by atoms with van der Waals surface area (Å²) in [5.74, 6) is 0. The average Bonchev–Trinajstić information content (AvgIpc) is 2.67. The minimum absolute atomic E-state index is 0.263. The van der Waals surface area contributed by atoms with Crippen LogP contribution in [0.15, 0.2) is 24.3 Å². The lowest BCUT2D eigenvalue weighted by molar-refractivity contribution is 0.0498. The summed E-state index contributed by atoms with van der Waals surface area (Å²) in [6.45, 7) is 0.640. The molecule has 1 heterocycles. The molecule has 1 aliphatic rings. The van der Waals surface area contributed by atoms with Crippen LogP contribution >= 0.6 is 22.6 Å². The van der Waals surface area contributed by atoms with Gasteiger partial charge < -0.3 is 10.5 Å². The van der Waals surface area contributed by atoms with Gasteiger partial charge in [-0.05, 0) is 53.1 Å². The first-order chi connectivity index (χ1) is 6.79. The van der Waals surface area contributed by atoms with Gasteiger partial charge >= 0.3 is 0 Å². The lowest BCUT2D eigenvalue weighted by atomic mass is 10.1. The fourth-order valence-corrected chi connectivity index (χ4v) is 2.16. The highest BCUT2D eigenvalue weighted by Gasteiger charge is 2.24. The van der Waals surface area contributed by atoms with Gasteiger partial charge in [-0.25, -0.2) is 0 Å². The third kappa shape index (κ3) is 2.27. The molecule has 76 valence electrons. The zero-order valence-electron chi connectivity index (χ0n) is 7.95. The molecule has 0 radical (unpaired) electrons. The van der Waals surface area contributed by atoms with E-state index in [4.69, 9.17) is 10.5 Å². The normalized spacial score (nSPS) is 26.7. The van der Waals surface area contributed by atoms with E-state index >= 15 is 0 Å². The highest BCUT2D eigenvalue weighted by molar-refractivity contribution is 14.1. The first-order valence-corrected chi connectivity index (χ1v) is 5.98. The van der Waals surface area contributed by atoms with E-state index in [2.05, 4.69) is 46.9 Å². The number of hydrogen-bond donors (Lipinski definition) is 1. The second kappa shape index (κ2) is 4.59. The Morgan fingerprint density at radius 3 is 2.57 bits per heavy atom. The van der Waals surface area contributed by atoms with Gasteiger partial charge in [0.05, 0.1) is 12.2 Å². The Balaban J connectivity index is 2.06. The molecule has 1 aliphatic heterocycles. The molecule has 0 aromatic heterocycles. The van der Waals surface area contributed by atoms with E-state index in [0.717, 1.165) is 12.8 Å². The molecule has 0 aliphatic carbocycles. The lowest BCUT2D eigenvalue weighted by Crippen LogP contribution is -2.18. The predicted molar refractivity (Wildman–Crippen MR) is 65.1 cm³/mol. The van der Waals surface area contributed by atoms with Crippen molar-refractivity contribution in [2.24, 2.45) is 5.73 Å². The molecule has 1 aromatic carbocycles. The zero-order chi connectivity index (χ0) is 9.97. The Bertz CT molecular complexity index is 299. The third-order valence-corrected chi connectivity index (χ3v) is 3.33. The van der Waals surface area contributed by atoms with Crippen molar-refractivity contribution in [3.05, 3.63) is 33.4 Å². The summed E-state index contributed by atoms with van der Waals surface area (Å²) >= 11 is 2.31. The zero-order valence-corrected chi connectivity index (χ0v) is 10.1. The van der Waals surface area contributed by atoms with Gasteiger partial charge in [-0.3, -0.25) is 0 Å². The Hall–Kier alpha value is -0.130. The van der Waals surface area contributed by atoms with Crippen molar-refractivity contribution in [1.82, 2.24) is 0 Å². The molecule has 0 spiro atoms. The molecule has 0 bridgehead atoms. The van der Waals surface area contributed by atoms with Crippen LogP contribution in [0.4, 0.5) is 0 Å². The molecule has 1 saturated heterocycles. The minimum atomic E-state index is 0.263. The molecule has 2 N–H and O–H groups in total. The highest BCUT2D eigenvalue weighted by Crippen LogP contribution is 2.32. The third-order valence-electron chi connectivity index (χ3n) is 2.61. The van der Waals surface area contributed by atoms with Crippen molar-refractivity contribution in [3.8, 4) is 0 Å². The molecule has 14 heavy (non-hydrogen) atoms. The summed E-state index contributed by atoms with van der Waals surface area (Å²) in [6, 6.07) is 8.53. The van der Waals surface area contributed by atoms with Gasteiger partial charge in [-0.1, -0.05) is 12.1 Å². The monoisotopic (exact) mass is 303 g/mol. The van der Waals surface area contributed by atoms with Crippen LogP contribution in [0.1, 0.15) is 24.5 Å². The van der Waals surface area contributed by atoms with Gasteiger partial charge in [-0.2, -0.15) is 0 Å². The molecule has 0 amide bonds. The molecule has 2 unspecified atom stereocenters. The summed E-state index contributed by atoms with van der Waals surface area (Å²) in [5, 5.41) is 0. The second-order valence-corrected chi connectivity index (χ2v) is 4.86. The van der Waals surface area contributed by atoms with Crippen molar-refractivity contribution >= 4 is 22.6 Å². The number of hydrogen-bond acceptors (Lipinski definition) is 2. The molecule has 2 nitrogen and oxygen atoms in total. The summed E-state index contributed by atoms with van der Waals surface area (Å²) in [7, 11) is 0. The second-order valence-electron chi connectivity index (χ2n) is 3.61. The van der Waals surface area contributed by atoms with Crippen LogP contribution in [0.3, 0.4) is 0 Å². The number of rotatable bonds is 2. The molecule has 2 atom stereocenters. The fraction of sp³-hybridized carbons (Fsp3) is 0.455. The summed E-state index contributed by atoms with van der Waals surface area (Å²) in [5.41, 5.74) is 6.85. The number of ether oxygens (including phenoxy) is 1. The van der Waals surface area contributed by atoms with E-state index in [9.17, 15) is 0 Å². The molecule has 0 saturated carbocycles. The standard InChI is InChI=1S/C11H14INO/c12-9-3-1-8(2-4-9)11-6-5-10(7-13)14-11/h1-4,10-11H,5-7,13H2. The maximum absolute atomic E-state index is 5.81. The van der Waals surface area contributed by atoms with Crippen molar-refractivity contribution in [1.29, 1.82) is 0 Å². The van der Waals surface area contributed by atoms with Crippen LogP contribution in [-0.2, 0) is 4.74 Å². The van der Waals surface area contributed by atoms with Crippen LogP contribution in [0.25, 0.3) is 0 Å². The van der Waals surface area contributed by atoms with Crippen LogP contribution < -0.4 is 5.73 Å². The predicted octanol–water partition coefficient (Wildman–Crippen LogP) is 2.47. The SMILES string of the molecule is NCC1CCC(c2ccc(I)cc2)O1. The quantitative estimate of drug-likeness (QED) is 0.852. The first-order valence-electron chi connectivity index (χ1n) is 4.90. The summed E-state index contributed by atoms with van der Waals surface area (Å²) < 4.78 is 7.07. The van der Waals surface area contributed by atoms with Gasteiger partial charge in [0.25, 0.3) is 0 Å². The lowest BCUT2D eigenvalue weighted by Gasteiger charge is -2.12. The van der Waals surface area contributed by atoms with Crippen LogP contribution in [0, 0.1) is 3.57 Å². The van der Waals surface area contributed by atoms with E-state index < -0.39 is 0 Å². The smallest absolute Gasteiger partial charge is 0.0830 e. The molecule has 1 fully saturated rings. The highest BCUT2D eigenvalue weighted by atomic mass is 127. The summed E-state index contributed by atoms with van der Waals surface area (Å²) in [6.07, 6.45) is 2.72. The number of halogens is 1. The minimum Gasteiger partial charge on any atom is -0.369 e. The van der Waals surface area contributed by atoms with E-state index in [0.29, 0.717) is 6.54 Å². The van der Waals surface area contributed by atoms with Crippen molar-refractivity contribution in [2.45, 2.75) is 25.0 Å². The van der Waals surface area contributed by atoms with Crippen molar-refractivity contribution in [2.75, 3.05) is 6.54 Å². The molecule has 3 heteroatoms. The van der Waals surface area contributed by atoms with Crippen molar-refractivity contribution < 1.29 is 4.74 Å². The largest absolute Gasteiger partial charge is 0.369 e. The van der Waals surface area contributed by atoms with Gasteiger partial charge in [0, 0.05) is 10.1 Å². The average molecular weight is 303 g/mol. The fourth-order valence-electron chi connectivity index (χ4n) is 1.80. The van der Waals surface area contributed by atoms with Gasteiger partial charge in [0.2, 0.25) is 0 Å². The number of benzene rings is 1. The Kier molecular flexibility index (Phi) is 3.41. The van der Waals surface area contributed by atoms with Crippen molar-refractivity contribution in [3.63, 3.8) is 0 Å². The maximum atomic E-state index is 5.81. The Labute approximate surface area is 98.0 Å². The summed E-state index contributed by atoms with van der Waals surface area (Å²) in [4.78, 5) is 0. The molecular formula is C11H14INO. The first kappa shape index (κ1) is 10.4. The molecular weight excluding hydrogens is 289 g/mol. The van der Waals surface area contributed by atoms with E-state index in [-0.39, 0.29) is 12.2 Å². The van der Waals surface area contributed by atoms with Gasteiger partial charge in [0.15, 0.2) is 0 Å². The van der Waals surface area contributed by atoms with E-state index in [1.165, 1.54) is 9.13 Å². The maximum Gasteiger partial charge on any atom is 0.0830 e. The molecule has 1 aromatic rings. The topological polar surface area (TPSA) is 35.2 Å². The van der Waals surface area contributed by atoms with Gasteiger partial charge in [0.1, 0.15) is 0 Å². The van der Waals surface area contributed by atoms with Crippen LogP contribution in [0.5, 0.6) is 0 Å². The van der Waals surface area contributed by atoms with Crippen LogP contribution in [-0.4, -0.2) is 12.6 Å². The van der Waals surface area contributed by atoms with E-state index in [1.54, 1.807) is 0 Å². The molecule has 2 rings (SSSR count). The van der Waals surface area contributed by atoms with E-state index in [1.807, 2.05) is 0 Å².